The Balaban J connectivity index is 1.81. The van der Waals surface area contributed by atoms with Crippen LogP contribution in [0.3, 0.4) is 0 Å². The first-order valence-corrected chi connectivity index (χ1v) is 7.32. The van der Waals surface area contributed by atoms with Crippen molar-refractivity contribution in [3.63, 3.8) is 0 Å². The fraction of sp³-hybridized carbons (Fsp3) is 0.692. The Morgan fingerprint density at radius 1 is 1.38 bits per heavy atom. The second kappa shape index (κ2) is 5.52. The van der Waals surface area contributed by atoms with E-state index in [4.69, 9.17) is 11.6 Å². The molecule has 1 aliphatic rings. The molecule has 3 heteroatoms. The van der Waals surface area contributed by atoms with Gasteiger partial charge in [-0.05, 0) is 43.2 Å². The third-order valence-corrected chi connectivity index (χ3v) is 4.83. The predicted octanol–water partition coefficient (Wildman–Crippen LogP) is 4.32. The lowest BCUT2D eigenvalue weighted by molar-refractivity contribution is 0.227. The van der Waals surface area contributed by atoms with Gasteiger partial charge in [-0.3, -0.25) is 0 Å². The van der Waals surface area contributed by atoms with Gasteiger partial charge < -0.3 is 5.32 Å². The van der Waals surface area contributed by atoms with Crippen molar-refractivity contribution in [2.75, 3.05) is 0 Å². The Hall–Kier alpha value is -0.0500. The molecule has 1 saturated carbocycles. The maximum Gasteiger partial charge on any atom is 0.0931 e. The Bertz CT molecular complexity index is 336. The molecule has 3 unspecified atom stereocenters. The summed E-state index contributed by atoms with van der Waals surface area (Å²) in [5, 5.41) is 3.67. The maximum atomic E-state index is 5.92. The van der Waals surface area contributed by atoms with Crippen LogP contribution in [0.4, 0.5) is 0 Å². The summed E-state index contributed by atoms with van der Waals surface area (Å²) >= 11 is 7.60. The van der Waals surface area contributed by atoms with Crippen molar-refractivity contribution in [3.8, 4) is 0 Å². The third kappa shape index (κ3) is 3.22. The molecule has 0 spiro atoms. The highest BCUT2D eigenvalue weighted by molar-refractivity contribution is 7.16. The largest absolute Gasteiger partial charge is 0.309 e. The number of halogens is 1. The van der Waals surface area contributed by atoms with E-state index in [0.717, 1.165) is 22.7 Å². The molecule has 2 rings (SSSR count). The van der Waals surface area contributed by atoms with E-state index >= 15 is 0 Å². The number of rotatable bonds is 3. The van der Waals surface area contributed by atoms with Gasteiger partial charge in [-0.15, -0.1) is 11.3 Å². The van der Waals surface area contributed by atoms with Gasteiger partial charge in [0, 0.05) is 17.5 Å². The molecule has 0 radical (unpaired) electrons. The fourth-order valence-corrected chi connectivity index (χ4v) is 3.69. The zero-order valence-electron chi connectivity index (χ0n) is 10.0. The summed E-state index contributed by atoms with van der Waals surface area (Å²) in [7, 11) is 0. The van der Waals surface area contributed by atoms with E-state index in [1.54, 1.807) is 11.3 Å². The van der Waals surface area contributed by atoms with Crippen molar-refractivity contribution < 1.29 is 0 Å². The second-order valence-corrected chi connectivity index (χ2v) is 6.89. The van der Waals surface area contributed by atoms with Crippen molar-refractivity contribution in [2.24, 2.45) is 11.8 Å². The van der Waals surface area contributed by atoms with Gasteiger partial charge in [0.15, 0.2) is 0 Å². The molecular formula is C13H20ClNS. The molecule has 0 saturated heterocycles. The molecule has 0 amide bonds. The minimum atomic E-state index is 0.692. The monoisotopic (exact) mass is 257 g/mol. The summed E-state index contributed by atoms with van der Waals surface area (Å²) in [5.74, 6) is 1.71. The average molecular weight is 258 g/mol. The number of nitrogens with one attached hydrogen (secondary N) is 1. The Kier molecular flexibility index (Phi) is 4.28. The molecule has 0 aromatic carbocycles. The maximum absolute atomic E-state index is 5.92. The minimum Gasteiger partial charge on any atom is -0.309 e. The molecule has 1 aliphatic carbocycles. The molecular weight excluding hydrogens is 238 g/mol. The van der Waals surface area contributed by atoms with Crippen molar-refractivity contribution >= 4 is 22.9 Å². The second-order valence-electron chi connectivity index (χ2n) is 5.09. The van der Waals surface area contributed by atoms with E-state index in [2.05, 4.69) is 25.2 Å². The van der Waals surface area contributed by atoms with Gasteiger partial charge in [0.05, 0.1) is 4.34 Å². The molecule has 1 nitrogen and oxygen atoms in total. The molecule has 1 fully saturated rings. The van der Waals surface area contributed by atoms with Gasteiger partial charge in [0.25, 0.3) is 0 Å². The Labute approximate surface area is 107 Å². The van der Waals surface area contributed by atoms with E-state index in [9.17, 15) is 0 Å². The van der Waals surface area contributed by atoms with E-state index in [-0.39, 0.29) is 0 Å². The summed E-state index contributed by atoms with van der Waals surface area (Å²) in [6, 6.07) is 4.79. The van der Waals surface area contributed by atoms with Crippen LogP contribution in [0.15, 0.2) is 12.1 Å². The lowest BCUT2D eigenvalue weighted by Gasteiger charge is -2.33. The summed E-state index contributed by atoms with van der Waals surface area (Å²) in [6.45, 7) is 5.71. The van der Waals surface area contributed by atoms with Gasteiger partial charge in [0.2, 0.25) is 0 Å². The van der Waals surface area contributed by atoms with Crippen LogP contribution in [0.25, 0.3) is 0 Å². The van der Waals surface area contributed by atoms with Crippen LogP contribution in [0.5, 0.6) is 0 Å². The van der Waals surface area contributed by atoms with Crippen LogP contribution in [-0.4, -0.2) is 6.04 Å². The standard InChI is InChI=1S/C13H20ClNS/c1-9-3-5-12(10(2)7-9)15-8-11-4-6-13(14)16-11/h4,6,9-10,12,15H,3,5,7-8H2,1-2H3. The molecule has 16 heavy (non-hydrogen) atoms. The Morgan fingerprint density at radius 2 is 2.19 bits per heavy atom. The van der Waals surface area contributed by atoms with Crippen molar-refractivity contribution in [2.45, 2.75) is 45.7 Å². The molecule has 90 valence electrons. The molecule has 1 aromatic heterocycles. The Morgan fingerprint density at radius 3 is 2.81 bits per heavy atom. The summed E-state index contributed by atoms with van der Waals surface area (Å²) in [5.41, 5.74) is 0. The predicted molar refractivity (Wildman–Crippen MR) is 72.1 cm³/mol. The van der Waals surface area contributed by atoms with Crippen LogP contribution < -0.4 is 5.32 Å². The van der Waals surface area contributed by atoms with Gasteiger partial charge in [-0.1, -0.05) is 25.4 Å². The number of hydrogen-bond donors (Lipinski definition) is 1. The van der Waals surface area contributed by atoms with Gasteiger partial charge >= 0.3 is 0 Å². The lowest BCUT2D eigenvalue weighted by atomic mass is 9.80. The highest BCUT2D eigenvalue weighted by Crippen LogP contribution is 2.29. The topological polar surface area (TPSA) is 12.0 Å². The zero-order chi connectivity index (χ0) is 11.5. The van der Waals surface area contributed by atoms with Gasteiger partial charge in [0.1, 0.15) is 0 Å². The van der Waals surface area contributed by atoms with Crippen LogP contribution in [-0.2, 0) is 6.54 Å². The summed E-state index contributed by atoms with van der Waals surface area (Å²) in [6.07, 6.45) is 4.05. The minimum absolute atomic E-state index is 0.692. The van der Waals surface area contributed by atoms with Crippen molar-refractivity contribution in [1.82, 2.24) is 5.32 Å². The molecule has 0 bridgehead atoms. The van der Waals surface area contributed by atoms with Crippen molar-refractivity contribution in [1.29, 1.82) is 0 Å². The highest BCUT2D eigenvalue weighted by atomic mass is 35.5. The molecule has 3 atom stereocenters. The van der Waals surface area contributed by atoms with Crippen LogP contribution >= 0.6 is 22.9 Å². The van der Waals surface area contributed by atoms with Gasteiger partial charge in [-0.25, -0.2) is 0 Å². The SMILES string of the molecule is CC1CCC(NCc2ccc(Cl)s2)C(C)C1. The average Bonchev–Trinajstić information content (AvgIpc) is 2.63. The number of hydrogen-bond acceptors (Lipinski definition) is 2. The van der Waals surface area contributed by atoms with Crippen molar-refractivity contribution in [3.05, 3.63) is 21.3 Å². The van der Waals surface area contributed by atoms with Crippen LogP contribution in [0.2, 0.25) is 4.34 Å². The first-order chi connectivity index (χ1) is 7.65. The summed E-state index contributed by atoms with van der Waals surface area (Å²) < 4.78 is 0.891. The molecule has 0 aliphatic heterocycles. The lowest BCUT2D eigenvalue weighted by Crippen LogP contribution is -2.38. The zero-order valence-corrected chi connectivity index (χ0v) is 11.6. The highest BCUT2D eigenvalue weighted by Gasteiger charge is 2.24. The smallest absolute Gasteiger partial charge is 0.0931 e. The van der Waals surface area contributed by atoms with Crippen LogP contribution in [0.1, 0.15) is 38.0 Å². The quantitative estimate of drug-likeness (QED) is 0.851. The van der Waals surface area contributed by atoms with E-state index in [0.29, 0.717) is 6.04 Å². The van der Waals surface area contributed by atoms with E-state index in [1.165, 1.54) is 24.1 Å². The number of thiophene rings is 1. The fourth-order valence-electron chi connectivity index (χ4n) is 2.65. The van der Waals surface area contributed by atoms with E-state index < -0.39 is 0 Å². The molecule has 1 heterocycles. The van der Waals surface area contributed by atoms with E-state index in [1.807, 2.05) is 6.07 Å². The first-order valence-electron chi connectivity index (χ1n) is 6.12. The third-order valence-electron chi connectivity index (χ3n) is 3.60. The normalized spacial score (nSPS) is 30.6. The summed E-state index contributed by atoms with van der Waals surface area (Å²) in [4.78, 5) is 1.34. The first kappa shape index (κ1) is 12.4. The molecule has 1 aromatic rings. The van der Waals surface area contributed by atoms with Gasteiger partial charge in [-0.2, -0.15) is 0 Å². The van der Waals surface area contributed by atoms with Crippen LogP contribution in [0, 0.1) is 11.8 Å². The molecule has 1 N–H and O–H groups in total.